The molecule has 0 saturated carbocycles. The predicted molar refractivity (Wildman–Crippen MR) is 150 cm³/mol. The summed E-state index contributed by atoms with van der Waals surface area (Å²) in [5.74, 6) is 2.20. The van der Waals surface area contributed by atoms with Gasteiger partial charge >= 0.3 is 6.03 Å². The van der Waals surface area contributed by atoms with Crippen LogP contribution in [0.3, 0.4) is 0 Å². The Balaban J connectivity index is 0.00000241. The van der Waals surface area contributed by atoms with Crippen LogP contribution in [0.1, 0.15) is 18.9 Å². The van der Waals surface area contributed by atoms with Crippen molar-refractivity contribution < 1.29 is 19.0 Å². The van der Waals surface area contributed by atoms with Crippen molar-refractivity contribution in [3.63, 3.8) is 0 Å². The number of hydrogen-bond acceptors (Lipinski definition) is 6. The van der Waals surface area contributed by atoms with Crippen LogP contribution < -0.4 is 24.8 Å². The molecule has 2 amide bonds. The minimum absolute atomic E-state index is 0. The molecule has 8 nitrogen and oxygen atoms in total. The summed E-state index contributed by atoms with van der Waals surface area (Å²) in [5, 5.41) is 6.58. The molecule has 0 aliphatic heterocycles. The van der Waals surface area contributed by atoms with E-state index in [4.69, 9.17) is 25.8 Å². The Kier molecular flexibility index (Phi) is 11.5. The first-order valence-electron chi connectivity index (χ1n) is 11.1. The van der Waals surface area contributed by atoms with Gasteiger partial charge in [0, 0.05) is 48.2 Å². The molecule has 0 aliphatic carbocycles. The van der Waals surface area contributed by atoms with Gasteiger partial charge in [0.25, 0.3) is 0 Å². The number of carbonyl (C=O) groups excluding carboxylic acids is 1. The minimum atomic E-state index is -0.309. The van der Waals surface area contributed by atoms with E-state index in [-0.39, 0.29) is 30.8 Å². The number of fused-ring (bicyclic) bond motifs is 1. The number of nitrogens with zero attached hydrogens (tertiary/aromatic N) is 2. The van der Waals surface area contributed by atoms with E-state index in [1.807, 2.05) is 31.2 Å². The summed E-state index contributed by atoms with van der Waals surface area (Å²) < 4.78 is 17.6. The second-order valence-corrected chi connectivity index (χ2v) is 8.01. The molecule has 2 aromatic carbocycles. The van der Waals surface area contributed by atoms with Crippen molar-refractivity contribution in [1.29, 1.82) is 0 Å². The van der Waals surface area contributed by atoms with Crippen LogP contribution in [-0.2, 0) is 6.61 Å². The van der Waals surface area contributed by atoms with Crippen LogP contribution in [0.2, 0.25) is 5.02 Å². The van der Waals surface area contributed by atoms with Gasteiger partial charge in [-0.1, -0.05) is 24.6 Å². The number of carbonyl (C=O) groups is 1. The van der Waals surface area contributed by atoms with E-state index in [0.29, 0.717) is 52.4 Å². The number of nitrogens with one attached hydrogen (secondary N) is 2. The first-order valence-corrected chi connectivity index (χ1v) is 11.5. The minimum Gasteiger partial charge on any atom is -0.493 e. The lowest BCUT2D eigenvalue weighted by atomic mass is 10.1. The summed E-state index contributed by atoms with van der Waals surface area (Å²) in [4.78, 5) is 20.5. The fourth-order valence-corrected chi connectivity index (χ4v) is 3.54. The van der Waals surface area contributed by atoms with E-state index >= 15 is 0 Å². The maximum absolute atomic E-state index is 11.9. The summed E-state index contributed by atoms with van der Waals surface area (Å²) in [6.07, 6.45) is 5.97. The van der Waals surface area contributed by atoms with Gasteiger partial charge in [-0.3, -0.25) is 9.97 Å². The van der Waals surface area contributed by atoms with Gasteiger partial charge in [-0.2, -0.15) is 0 Å². The molecule has 4 aromatic rings. The first-order chi connectivity index (χ1) is 17.1. The van der Waals surface area contributed by atoms with Crippen LogP contribution in [0.5, 0.6) is 23.0 Å². The molecule has 0 unspecified atom stereocenters. The number of hydrogen-bond donors (Lipinski definition) is 2. The molecule has 0 radical (unpaired) electrons. The first kappa shape index (κ1) is 29.8. The lowest BCUT2D eigenvalue weighted by Crippen LogP contribution is -2.29. The average Bonchev–Trinajstić information content (AvgIpc) is 2.88. The number of pyridine rings is 2. The molecule has 0 spiro atoms. The quantitative estimate of drug-likeness (QED) is 0.226. The number of rotatable bonds is 9. The highest BCUT2D eigenvalue weighted by atomic mass is 35.5. The standard InChI is InChI=1S/C26H25ClN4O4.2ClH/c1-3-9-30-26(32)31-21-7-6-18(12-20(21)27)35-23-8-11-29-22-14-25(24(33-2)13-19(22)23)34-16-17-5-4-10-28-15-17;;/h4-8,10-15H,3,9,16H2,1-2H3,(H2,30,31,32);2*1H. The molecule has 11 heteroatoms. The predicted octanol–water partition coefficient (Wildman–Crippen LogP) is 7.04. The summed E-state index contributed by atoms with van der Waals surface area (Å²) in [6, 6.07) is 14.0. The molecule has 2 N–H and O–H groups in total. The molecule has 2 heterocycles. The zero-order valence-electron chi connectivity index (χ0n) is 20.2. The largest absolute Gasteiger partial charge is 0.493 e. The highest BCUT2D eigenvalue weighted by Crippen LogP contribution is 2.38. The number of methoxy groups -OCH3 is 1. The molecule has 4 rings (SSSR count). The maximum atomic E-state index is 11.9. The van der Waals surface area contributed by atoms with E-state index < -0.39 is 0 Å². The normalized spacial score (nSPS) is 10.0. The SMILES string of the molecule is CCCNC(=O)Nc1ccc(Oc2ccnc3cc(OCc4cccnc4)c(OC)cc23)cc1Cl.Cl.Cl. The van der Waals surface area contributed by atoms with Crippen LogP contribution in [0, 0.1) is 0 Å². The van der Waals surface area contributed by atoms with Crippen LogP contribution in [0.25, 0.3) is 10.9 Å². The number of anilines is 1. The van der Waals surface area contributed by atoms with Crippen molar-refractivity contribution in [1.82, 2.24) is 15.3 Å². The third-order valence-corrected chi connectivity index (χ3v) is 5.37. The van der Waals surface area contributed by atoms with Crippen molar-refractivity contribution in [3.8, 4) is 23.0 Å². The lowest BCUT2D eigenvalue weighted by molar-refractivity contribution is 0.252. The number of ether oxygens (including phenoxy) is 3. The molecule has 196 valence electrons. The van der Waals surface area contributed by atoms with E-state index in [0.717, 1.165) is 17.4 Å². The molecule has 0 aliphatic rings. The molecule has 37 heavy (non-hydrogen) atoms. The van der Waals surface area contributed by atoms with Gasteiger partial charge in [-0.25, -0.2) is 4.79 Å². The van der Waals surface area contributed by atoms with Crippen molar-refractivity contribution >= 4 is 59.0 Å². The van der Waals surface area contributed by atoms with E-state index in [2.05, 4.69) is 20.6 Å². The average molecular weight is 566 g/mol. The van der Waals surface area contributed by atoms with Gasteiger partial charge in [-0.05, 0) is 36.8 Å². The smallest absolute Gasteiger partial charge is 0.319 e. The number of amides is 2. The fourth-order valence-electron chi connectivity index (χ4n) is 3.33. The molecule has 0 atom stereocenters. The second-order valence-electron chi connectivity index (χ2n) is 7.60. The molecule has 0 fully saturated rings. The Labute approximate surface area is 232 Å². The van der Waals surface area contributed by atoms with E-state index in [1.54, 1.807) is 50.0 Å². The molecular weight excluding hydrogens is 539 g/mol. The number of benzene rings is 2. The highest BCUT2D eigenvalue weighted by molar-refractivity contribution is 6.33. The number of halogens is 3. The summed E-state index contributed by atoms with van der Waals surface area (Å²) >= 11 is 6.37. The summed E-state index contributed by atoms with van der Waals surface area (Å²) in [6.45, 7) is 2.91. The monoisotopic (exact) mass is 564 g/mol. The van der Waals surface area contributed by atoms with Crippen molar-refractivity contribution in [2.45, 2.75) is 20.0 Å². The Bertz CT molecular complexity index is 1330. The van der Waals surface area contributed by atoms with Crippen molar-refractivity contribution in [2.24, 2.45) is 0 Å². The highest BCUT2D eigenvalue weighted by Gasteiger charge is 2.13. The van der Waals surface area contributed by atoms with Gasteiger partial charge < -0.3 is 24.8 Å². The lowest BCUT2D eigenvalue weighted by Gasteiger charge is -2.14. The number of urea groups is 1. The van der Waals surface area contributed by atoms with Crippen molar-refractivity contribution in [2.75, 3.05) is 19.0 Å². The van der Waals surface area contributed by atoms with Crippen LogP contribution in [0.4, 0.5) is 10.5 Å². The third kappa shape index (κ3) is 7.76. The Hall–Kier alpha value is -3.46. The molecule has 2 aromatic heterocycles. The molecule has 0 saturated heterocycles. The Morgan fingerprint density at radius 3 is 2.57 bits per heavy atom. The fraction of sp³-hybridized carbons (Fsp3) is 0.192. The third-order valence-electron chi connectivity index (χ3n) is 5.06. The molecular formula is C26H27Cl3N4O4. The van der Waals surface area contributed by atoms with Crippen molar-refractivity contribution in [3.05, 3.63) is 77.7 Å². The molecule has 0 bridgehead atoms. The Morgan fingerprint density at radius 1 is 1.03 bits per heavy atom. The Morgan fingerprint density at radius 2 is 1.86 bits per heavy atom. The van der Waals surface area contributed by atoms with E-state index in [1.165, 1.54) is 0 Å². The number of aromatic nitrogens is 2. The van der Waals surface area contributed by atoms with Gasteiger partial charge in [0.05, 0.1) is 23.3 Å². The van der Waals surface area contributed by atoms with Gasteiger partial charge in [0.1, 0.15) is 18.1 Å². The van der Waals surface area contributed by atoms with Gasteiger partial charge in [0.15, 0.2) is 11.5 Å². The van der Waals surface area contributed by atoms with Crippen LogP contribution >= 0.6 is 36.4 Å². The maximum Gasteiger partial charge on any atom is 0.319 e. The second kappa shape index (κ2) is 14.3. The summed E-state index contributed by atoms with van der Waals surface area (Å²) in [5.41, 5.74) is 2.11. The van der Waals surface area contributed by atoms with E-state index in [9.17, 15) is 4.79 Å². The van der Waals surface area contributed by atoms with Crippen LogP contribution in [0.15, 0.2) is 67.1 Å². The summed E-state index contributed by atoms with van der Waals surface area (Å²) in [7, 11) is 1.58. The zero-order chi connectivity index (χ0) is 24.6. The zero-order valence-corrected chi connectivity index (χ0v) is 22.6. The van der Waals surface area contributed by atoms with Gasteiger partial charge in [-0.15, -0.1) is 24.8 Å². The van der Waals surface area contributed by atoms with Gasteiger partial charge in [0.2, 0.25) is 0 Å². The topological polar surface area (TPSA) is 94.6 Å². The van der Waals surface area contributed by atoms with Crippen LogP contribution in [-0.4, -0.2) is 29.7 Å².